The molecule has 168 valence electrons. The first-order valence-electron chi connectivity index (χ1n) is 11.4. The van der Waals surface area contributed by atoms with E-state index in [1.54, 1.807) is 0 Å². The van der Waals surface area contributed by atoms with Crippen LogP contribution in [-0.2, 0) is 12.0 Å². The summed E-state index contributed by atoms with van der Waals surface area (Å²) in [6.07, 6.45) is 0. The van der Waals surface area contributed by atoms with Crippen LogP contribution < -0.4 is 15.5 Å². The van der Waals surface area contributed by atoms with Crippen LogP contribution in [0.3, 0.4) is 0 Å². The first kappa shape index (κ1) is 23.1. The number of phenolic OH excluding ortho intramolecular Hbond substituents is 1. The summed E-state index contributed by atoms with van der Waals surface area (Å²) in [6.45, 7) is 9.42. The van der Waals surface area contributed by atoms with Gasteiger partial charge in [0.25, 0.3) is 0 Å². The van der Waals surface area contributed by atoms with Crippen molar-refractivity contribution >= 4 is 30.6 Å². The van der Waals surface area contributed by atoms with Crippen molar-refractivity contribution < 1.29 is 5.11 Å². The number of rotatable bonds is 6. The molecule has 0 radical (unpaired) electrons. The van der Waals surface area contributed by atoms with Crippen LogP contribution in [0.1, 0.15) is 37.5 Å². The van der Waals surface area contributed by atoms with Crippen molar-refractivity contribution in [1.29, 1.82) is 0 Å². The van der Waals surface area contributed by atoms with Gasteiger partial charge < -0.3 is 10.0 Å². The molecule has 0 aliphatic rings. The molecule has 33 heavy (non-hydrogen) atoms. The van der Waals surface area contributed by atoms with Crippen LogP contribution >= 0.6 is 8.58 Å². The Bertz CT molecular complexity index is 1170. The third kappa shape index (κ3) is 5.46. The van der Waals surface area contributed by atoms with Gasteiger partial charge in [0.05, 0.1) is 0 Å². The molecule has 0 aliphatic carbocycles. The van der Waals surface area contributed by atoms with Gasteiger partial charge in [-0.2, -0.15) is 0 Å². The molecule has 0 saturated carbocycles. The maximum absolute atomic E-state index is 10.9. The molecule has 0 spiro atoms. The van der Waals surface area contributed by atoms with Crippen LogP contribution in [0.25, 0.3) is 0 Å². The topological polar surface area (TPSA) is 23.5 Å². The Morgan fingerprint density at radius 2 is 1.27 bits per heavy atom. The highest BCUT2D eigenvalue weighted by atomic mass is 31.1. The van der Waals surface area contributed by atoms with Crippen molar-refractivity contribution in [3.63, 3.8) is 0 Å². The lowest BCUT2D eigenvalue weighted by Gasteiger charge is -2.26. The van der Waals surface area contributed by atoms with Gasteiger partial charge in [-0.15, -0.1) is 0 Å². The zero-order valence-electron chi connectivity index (χ0n) is 19.8. The third-order valence-electron chi connectivity index (χ3n) is 5.92. The maximum Gasteiger partial charge on any atom is 0.126 e. The summed E-state index contributed by atoms with van der Waals surface area (Å²) in [4.78, 5) is 2.35. The highest BCUT2D eigenvalue weighted by molar-refractivity contribution is 7.55. The van der Waals surface area contributed by atoms with E-state index in [1.165, 1.54) is 16.4 Å². The normalized spacial score (nSPS) is 11.8. The Hall–Kier alpha value is -3.09. The minimum Gasteiger partial charge on any atom is -0.507 e. The number of nitrogens with zero attached hydrogens (tertiary/aromatic N) is 1. The molecule has 4 aromatic rings. The van der Waals surface area contributed by atoms with Gasteiger partial charge in [0.1, 0.15) is 5.75 Å². The fourth-order valence-electron chi connectivity index (χ4n) is 3.95. The summed E-state index contributed by atoms with van der Waals surface area (Å²) in [5.41, 5.74) is 5.83. The van der Waals surface area contributed by atoms with Gasteiger partial charge in [0.15, 0.2) is 0 Å². The van der Waals surface area contributed by atoms with E-state index >= 15 is 0 Å². The molecule has 4 aromatic carbocycles. The lowest BCUT2D eigenvalue weighted by atomic mass is 9.86. The van der Waals surface area contributed by atoms with E-state index in [9.17, 15) is 5.11 Å². The summed E-state index contributed by atoms with van der Waals surface area (Å²) < 4.78 is 0. The number of hydrogen-bond donors (Lipinski definition) is 1. The lowest BCUT2D eigenvalue weighted by Crippen LogP contribution is -2.21. The van der Waals surface area contributed by atoms with E-state index in [-0.39, 0.29) is 5.41 Å². The van der Waals surface area contributed by atoms with E-state index in [1.807, 2.05) is 6.92 Å². The number of para-hydroxylation sites is 2. The van der Waals surface area contributed by atoms with Gasteiger partial charge in [0.2, 0.25) is 0 Å². The molecule has 1 atom stereocenters. The van der Waals surface area contributed by atoms with Crippen molar-refractivity contribution in [2.75, 3.05) is 4.90 Å². The molecule has 0 aliphatic heterocycles. The number of phenols is 1. The van der Waals surface area contributed by atoms with E-state index in [4.69, 9.17) is 0 Å². The van der Waals surface area contributed by atoms with Crippen LogP contribution in [0.15, 0.2) is 97.1 Å². The Balaban J connectivity index is 1.72. The standard InChI is InChI=1S/C30H32NOP/c1-22-19-24(30(2,3)4)20-28(29(22)32)33-27-18-12-11-13-23(27)21-31(25-14-7-5-8-15-25)26-16-9-6-10-17-26/h5-20,32-33H,21H2,1-4H3. The molecule has 0 amide bonds. The molecule has 4 rings (SSSR count). The van der Waals surface area contributed by atoms with Gasteiger partial charge in [-0.05, 0) is 64.7 Å². The quantitative estimate of drug-likeness (QED) is 0.319. The zero-order chi connectivity index (χ0) is 23.4. The molecule has 0 saturated heterocycles. The number of aromatic hydroxyl groups is 1. The molecule has 0 heterocycles. The molecule has 1 unspecified atom stereocenters. The number of aryl methyl sites for hydroxylation is 1. The minimum absolute atomic E-state index is 0.0363. The van der Waals surface area contributed by atoms with Crippen LogP contribution in [0, 0.1) is 6.92 Å². The Morgan fingerprint density at radius 1 is 0.727 bits per heavy atom. The highest BCUT2D eigenvalue weighted by Crippen LogP contribution is 2.31. The number of anilines is 2. The summed E-state index contributed by atoms with van der Waals surface area (Å²) in [5, 5.41) is 13.1. The lowest BCUT2D eigenvalue weighted by molar-refractivity contribution is 0.474. The maximum atomic E-state index is 10.9. The zero-order valence-corrected chi connectivity index (χ0v) is 20.8. The summed E-state index contributed by atoms with van der Waals surface area (Å²) in [7, 11) is 0.384. The fourth-order valence-corrected chi connectivity index (χ4v) is 5.29. The van der Waals surface area contributed by atoms with Gasteiger partial charge in [-0.3, -0.25) is 0 Å². The van der Waals surface area contributed by atoms with Gasteiger partial charge in [0, 0.05) is 23.2 Å². The molecule has 0 fully saturated rings. The van der Waals surface area contributed by atoms with Crippen molar-refractivity contribution in [3.05, 3.63) is 114 Å². The third-order valence-corrected chi connectivity index (χ3v) is 7.33. The van der Waals surface area contributed by atoms with Crippen molar-refractivity contribution in [2.45, 2.75) is 39.7 Å². The molecule has 0 aromatic heterocycles. The van der Waals surface area contributed by atoms with E-state index in [0.717, 1.165) is 28.8 Å². The molecular weight excluding hydrogens is 421 g/mol. The van der Waals surface area contributed by atoms with Crippen molar-refractivity contribution in [2.24, 2.45) is 0 Å². The summed E-state index contributed by atoms with van der Waals surface area (Å²) in [6, 6.07) is 33.9. The van der Waals surface area contributed by atoms with Gasteiger partial charge in [-0.1, -0.05) is 96.1 Å². The molecule has 1 N–H and O–H groups in total. The SMILES string of the molecule is Cc1cc(C(C)(C)C)cc(Pc2ccccc2CN(c2ccccc2)c2ccccc2)c1O. The van der Waals surface area contributed by atoms with Crippen molar-refractivity contribution in [1.82, 2.24) is 0 Å². The number of benzene rings is 4. The largest absolute Gasteiger partial charge is 0.507 e. The minimum atomic E-state index is 0.0363. The second kappa shape index (κ2) is 9.81. The smallest absolute Gasteiger partial charge is 0.126 e. The molecule has 2 nitrogen and oxygen atoms in total. The van der Waals surface area contributed by atoms with Crippen molar-refractivity contribution in [3.8, 4) is 5.75 Å². The Kier molecular flexibility index (Phi) is 6.86. The molecule has 0 bridgehead atoms. The Labute approximate surface area is 199 Å². The summed E-state index contributed by atoms with van der Waals surface area (Å²) >= 11 is 0. The highest BCUT2D eigenvalue weighted by Gasteiger charge is 2.19. The first-order valence-corrected chi connectivity index (χ1v) is 12.4. The number of hydrogen-bond acceptors (Lipinski definition) is 2. The molecule has 3 heteroatoms. The van der Waals surface area contributed by atoms with Gasteiger partial charge >= 0.3 is 0 Å². The fraction of sp³-hybridized carbons (Fsp3) is 0.200. The first-order chi connectivity index (χ1) is 15.8. The van der Waals surface area contributed by atoms with E-state index < -0.39 is 0 Å². The van der Waals surface area contributed by atoms with E-state index in [0.29, 0.717) is 14.3 Å². The summed E-state index contributed by atoms with van der Waals surface area (Å²) in [5.74, 6) is 0.416. The van der Waals surface area contributed by atoms with Crippen LogP contribution in [0.4, 0.5) is 11.4 Å². The Morgan fingerprint density at radius 3 is 1.85 bits per heavy atom. The second-order valence-corrected chi connectivity index (χ2v) is 10.8. The van der Waals surface area contributed by atoms with Crippen LogP contribution in [0.5, 0.6) is 5.75 Å². The predicted molar refractivity (Wildman–Crippen MR) is 144 cm³/mol. The van der Waals surface area contributed by atoms with Gasteiger partial charge in [-0.25, -0.2) is 0 Å². The molecular formula is C30H32NOP. The monoisotopic (exact) mass is 453 g/mol. The average molecular weight is 454 g/mol. The van der Waals surface area contributed by atoms with Crippen LogP contribution in [-0.4, -0.2) is 5.11 Å². The predicted octanol–water partition coefficient (Wildman–Crippen LogP) is 6.97. The average Bonchev–Trinajstić information content (AvgIpc) is 2.81. The van der Waals surface area contributed by atoms with E-state index in [2.05, 4.69) is 123 Å². The van der Waals surface area contributed by atoms with Crippen LogP contribution in [0.2, 0.25) is 0 Å². The second-order valence-electron chi connectivity index (χ2n) is 9.48.